The van der Waals surface area contributed by atoms with Crippen LogP contribution in [0.15, 0.2) is 0 Å². The lowest BCUT2D eigenvalue weighted by Gasteiger charge is -2.18. The van der Waals surface area contributed by atoms with Crippen LogP contribution in [0.2, 0.25) is 0 Å². The van der Waals surface area contributed by atoms with Crippen molar-refractivity contribution < 1.29 is 5.11 Å². The molecule has 0 aromatic carbocycles. The summed E-state index contributed by atoms with van der Waals surface area (Å²) in [5.74, 6) is 5.98. The number of rotatable bonds is 2. The first-order valence-electron chi connectivity index (χ1n) is 3.22. The van der Waals surface area contributed by atoms with Crippen molar-refractivity contribution in [3.8, 4) is 11.8 Å². The predicted molar refractivity (Wildman–Crippen MR) is 35.9 cm³/mol. The molecule has 1 aliphatic heterocycles. The van der Waals surface area contributed by atoms with Crippen molar-refractivity contribution >= 4 is 0 Å². The Hall–Kier alpha value is -0.520. The Morgan fingerprint density at radius 1 is 1.44 bits per heavy atom. The minimum atomic E-state index is 0.252. The van der Waals surface area contributed by atoms with Crippen molar-refractivity contribution in [3.63, 3.8) is 0 Å². The van der Waals surface area contributed by atoms with Crippen LogP contribution in [-0.4, -0.2) is 36.2 Å². The molecule has 1 heterocycles. The van der Waals surface area contributed by atoms with E-state index in [-0.39, 0.29) is 6.61 Å². The van der Waals surface area contributed by atoms with Gasteiger partial charge in [0.15, 0.2) is 0 Å². The van der Waals surface area contributed by atoms with Gasteiger partial charge in [-0.05, 0) is 0 Å². The summed E-state index contributed by atoms with van der Waals surface area (Å²) in [7, 11) is 0. The average Bonchev–Trinajstić information content (AvgIpc) is 1.91. The van der Waals surface area contributed by atoms with E-state index < -0.39 is 0 Å². The van der Waals surface area contributed by atoms with E-state index in [0.29, 0.717) is 0 Å². The summed E-state index contributed by atoms with van der Waals surface area (Å²) in [5.41, 5.74) is 0. The van der Waals surface area contributed by atoms with Crippen LogP contribution in [0, 0.1) is 11.8 Å². The molecule has 9 heavy (non-hydrogen) atoms. The smallest absolute Gasteiger partial charge is 0.0602 e. The monoisotopic (exact) mass is 125 g/mol. The lowest BCUT2D eigenvalue weighted by molar-refractivity contribution is 0.210. The normalized spacial score (nSPS) is 18.8. The number of hydrogen-bond acceptors (Lipinski definition) is 2. The average molecular weight is 125 g/mol. The number of β-amino-alcohol motifs (C(OH)–C–C–N with tert-alkyl or cyclic N) is 1. The molecule has 0 fully saturated rings. The van der Waals surface area contributed by atoms with Gasteiger partial charge in [-0.2, -0.15) is 0 Å². The third kappa shape index (κ3) is 2.05. The fraction of sp³-hybridized carbons (Fsp3) is 0.714. The molecule has 0 spiro atoms. The van der Waals surface area contributed by atoms with Crippen molar-refractivity contribution in [2.24, 2.45) is 0 Å². The van der Waals surface area contributed by atoms with E-state index in [1.54, 1.807) is 0 Å². The molecule has 1 N–H and O–H groups in total. The predicted octanol–water partition coefficient (Wildman–Crippen LogP) is -0.312. The van der Waals surface area contributed by atoms with Crippen LogP contribution in [0.4, 0.5) is 0 Å². The van der Waals surface area contributed by atoms with Crippen molar-refractivity contribution in [2.45, 2.75) is 6.42 Å². The zero-order valence-electron chi connectivity index (χ0n) is 5.43. The molecular weight excluding hydrogens is 114 g/mol. The number of hydrogen-bond donors (Lipinski definition) is 1. The van der Waals surface area contributed by atoms with Gasteiger partial charge in [-0.3, -0.25) is 4.90 Å². The highest BCUT2D eigenvalue weighted by atomic mass is 16.3. The van der Waals surface area contributed by atoms with Gasteiger partial charge in [-0.1, -0.05) is 5.92 Å². The molecule has 0 amide bonds. The second-order valence-corrected chi connectivity index (χ2v) is 2.10. The van der Waals surface area contributed by atoms with Crippen LogP contribution >= 0.6 is 0 Å². The van der Waals surface area contributed by atoms with Gasteiger partial charge in [-0.25, -0.2) is 0 Å². The Kier molecular flexibility index (Phi) is 2.56. The van der Waals surface area contributed by atoms with Gasteiger partial charge in [0.25, 0.3) is 0 Å². The van der Waals surface area contributed by atoms with Crippen molar-refractivity contribution in [2.75, 3.05) is 26.2 Å². The first kappa shape index (κ1) is 6.60. The third-order valence-electron chi connectivity index (χ3n) is 1.40. The van der Waals surface area contributed by atoms with Gasteiger partial charge < -0.3 is 5.11 Å². The van der Waals surface area contributed by atoms with Gasteiger partial charge in [0.1, 0.15) is 0 Å². The molecule has 0 atom stereocenters. The fourth-order valence-corrected chi connectivity index (χ4v) is 0.881. The van der Waals surface area contributed by atoms with Gasteiger partial charge in [0.05, 0.1) is 13.2 Å². The Balaban J connectivity index is 2.22. The van der Waals surface area contributed by atoms with E-state index in [9.17, 15) is 0 Å². The molecule has 0 radical (unpaired) electrons. The lowest BCUT2D eigenvalue weighted by atomic mass is 10.3. The summed E-state index contributed by atoms with van der Waals surface area (Å²) in [4.78, 5) is 2.15. The SMILES string of the molecule is OCCN1CC#CCC1. The molecule has 0 aromatic heterocycles. The highest BCUT2D eigenvalue weighted by Gasteiger charge is 2.02. The maximum atomic E-state index is 8.53. The Labute approximate surface area is 55.5 Å². The fourth-order valence-electron chi connectivity index (χ4n) is 0.881. The van der Waals surface area contributed by atoms with Crippen LogP contribution in [0.1, 0.15) is 6.42 Å². The molecule has 2 heteroatoms. The number of aliphatic hydroxyl groups is 1. The zero-order valence-corrected chi connectivity index (χ0v) is 5.43. The number of aliphatic hydroxyl groups excluding tert-OH is 1. The van der Waals surface area contributed by atoms with Gasteiger partial charge in [0, 0.05) is 19.5 Å². The molecule has 0 saturated carbocycles. The maximum Gasteiger partial charge on any atom is 0.0602 e. The van der Waals surface area contributed by atoms with Crippen molar-refractivity contribution in [3.05, 3.63) is 0 Å². The second kappa shape index (κ2) is 3.49. The second-order valence-electron chi connectivity index (χ2n) is 2.10. The Morgan fingerprint density at radius 2 is 2.33 bits per heavy atom. The van der Waals surface area contributed by atoms with E-state index in [0.717, 1.165) is 26.1 Å². The molecule has 0 unspecified atom stereocenters. The highest BCUT2D eigenvalue weighted by Crippen LogP contribution is 1.93. The summed E-state index contributed by atoms with van der Waals surface area (Å²) in [6.07, 6.45) is 0.958. The van der Waals surface area contributed by atoms with Crippen LogP contribution < -0.4 is 0 Å². The minimum Gasteiger partial charge on any atom is -0.395 e. The molecule has 0 aliphatic carbocycles. The minimum absolute atomic E-state index is 0.252. The number of nitrogens with zero attached hydrogens (tertiary/aromatic N) is 1. The van der Waals surface area contributed by atoms with Crippen LogP contribution in [0.3, 0.4) is 0 Å². The van der Waals surface area contributed by atoms with E-state index in [1.807, 2.05) is 0 Å². The van der Waals surface area contributed by atoms with Crippen molar-refractivity contribution in [1.29, 1.82) is 0 Å². The molecule has 2 nitrogen and oxygen atoms in total. The first-order valence-corrected chi connectivity index (χ1v) is 3.22. The third-order valence-corrected chi connectivity index (χ3v) is 1.40. The quantitative estimate of drug-likeness (QED) is 0.512. The Morgan fingerprint density at radius 3 is 2.89 bits per heavy atom. The van der Waals surface area contributed by atoms with Gasteiger partial charge >= 0.3 is 0 Å². The summed E-state index contributed by atoms with van der Waals surface area (Å²) < 4.78 is 0. The molecule has 0 bridgehead atoms. The van der Waals surface area contributed by atoms with Crippen LogP contribution in [-0.2, 0) is 0 Å². The summed E-state index contributed by atoms with van der Waals surface area (Å²) in [6, 6.07) is 0. The summed E-state index contributed by atoms with van der Waals surface area (Å²) >= 11 is 0. The standard InChI is InChI=1S/C7H11NO/c9-7-6-8-4-2-1-3-5-8/h9H,2,4-7H2. The summed E-state index contributed by atoms with van der Waals surface area (Å²) in [6.45, 7) is 2.88. The van der Waals surface area contributed by atoms with E-state index in [2.05, 4.69) is 16.7 Å². The first-order chi connectivity index (χ1) is 4.43. The van der Waals surface area contributed by atoms with E-state index in [1.165, 1.54) is 0 Å². The molecule has 0 saturated heterocycles. The Bertz CT molecular complexity index is 134. The zero-order chi connectivity index (χ0) is 6.53. The lowest BCUT2D eigenvalue weighted by Crippen LogP contribution is -2.29. The highest BCUT2D eigenvalue weighted by molar-refractivity contribution is 5.05. The van der Waals surface area contributed by atoms with Gasteiger partial charge in [-0.15, -0.1) is 5.92 Å². The topological polar surface area (TPSA) is 23.5 Å². The molecule has 1 rings (SSSR count). The van der Waals surface area contributed by atoms with E-state index in [4.69, 9.17) is 5.11 Å². The van der Waals surface area contributed by atoms with Gasteiger partial charge in [0.2, 0.25) is 0 Å². The molecule has 1 aliphatic rings. The van der Waals surface area contributed by atoms with E-state index >= 15 is 0 Å². The molecule has 50 valence electrons. The summed E-state index contributed by atoms with van der Waals surface area (Å²) in [5, 5.41) is 8.53. The van der Waals surface area contributed by atoms with Crippen molar-refractivity contribution in [1.82, 2.24) is 4.90 Å². The maximum absolute atomic E-state index is 8.53. The molecular formula is C7H11NO. The largest absolute Gasteiger partial charge is 0.395 e. The van der Waals surface area contributed by atoms with Crippen LogP contribution in [0.25, 0.3) is 0 Å². The van der Waals surface area contributed by atoms with Crippen LogP contribution in [0.5, 0.6) is 0 Å². The molecule has 0 aromatic rings.